The van der Waals surface area contributed by atoms with Crippen molar-refractivity contribution in [2.24, 2.45) is 5.92 Å². The third-order valence-corrected chi connectivity index (χ3v) is 0.878. The summed E-state index contributed by atoms with van der Waals surface area (Å²) in [5.74, 6) is 0.546. The predicted molar refractivity (Wildman–Crippen MR) is 36.9 cm³/mol. The summed E-state index contributed by atoms with van der Waals surface area (Å²) in [5, 5.41) is 0. The Kier molecular flexibility index (Phi) is 4.72. The van der Waals surface area contributed by atoms with Gasteiger partial charge in [0, 0.05) is 14.0 Å². The van der Waals surface area contributed by atoms with Gasteiger partial charge < -0.3 is 9.47 Å². The van der Waals surface area contributed by atoms with Gasteiger partial charge in [0.15, 0.2) is 6.29 Å². The summed E-state index contributed by atoms with van der Waals surface area (Å²) in [7, 11) is 1.58. The number of methoxy groups -OCH3 is 1. The highest BCUT2D eigenvalue weighted by atomic mass is 16.7. The van der Waals surface area contributed by atoms with Crippen LogP contribution in [0.5, 0.6) is 0 Å². The second-order valence-corrected chi connectivity index (χ2v) is 2.39. The molecule has 0 saturated heterocycles. The van der Waals surface area contributed by atoms with E-state index in [0.717, 1.165) is 0 Å². The monoisotopic (exact) mass is 131 g/mol. The second-order valence-electron chi connectivity index (χ2n) is 2.39. The van der Waals surface area contributed by atoms with Gasteiger partial charge in [-0.05, 0) is 5.92 Å². The van der Waals surface area contributed by atoms with Crippen LogP contribution in [0.2, 0.25) is 0 Å². The molecule has 0 aliphatic carbocycles. The van der Waals surface area contributed by atoms with Crippen LogP contribution >= 0.6 is 0 Å². The predicted octanol–water partition coefficient (Wildman–Crippen LogP) is 1.47. The minimum Gasteiger partial charge on any atom is -0.356 e. The molecule has 9 heavy (non-hydrogen) atoms. The van der Waals surface area contributed by atoms with E-state index in [9.17, 15) is 0 Å². The van der Waals surface area contributed by atoms with Crippen molar-refractivity contribution >= 4 is 0 Å². The van der Waals surface area contributed by atoms with Gasteiger partial charge in [0.2, 0.25) is 0 Å². The molecule has 0 aromatic heterocycles. The van der Waals surface area contributed by atoms with Gasteiger partial charge in [-0.3, -0.25) is 0 Å². The molecule has 55 valence electrons. The van der Waals surface area contributed by atoms with Gasteiger partial charge in [0.05, 0.1) is 6.61 Å². The number of hydrogen-bond acceptors (Lipinski definition) is 2. The molecule has 1 unspecified atom stereocenters. The molecule has 0 heterocycles. The van der Waals surface area contributed by atoms with Crippen molar-refractivity contribution in [1.29, 1.82) is 0 Å². The van der Waals surface area contributed by atoms with Crippen molar-refractivity contribution in [3.8, 4) is 0 Å². The molecule has 1 radical (unpaired) electrons. The summed E-state index contributed by atoms with van der Waals surface area (Å²) in [6, 6.07) is 0. The molecule has 0 aliphatic rings. The molecule has 0 rings (SSSR count). The highest BCUT2D eigenvalue weighted by Crippen LogP contribution is 1.96. The third-order valence-electron chi connectivity index (χ3n) is 0.878. The van der Waals surface area contributed by atoms with E-state index in [1.807, 2.05) is 0 Å². The van der Waals surface area contributed by atoms with E-state index in [-0.39, 0.29) is 6.29 Å². The first-order valence-corrected chi connectivity index (χ1v) is 3.14. The van der Waals surface area contributed by atoms with Gasteiger partial charge in [0.1, 0.15) is 0 Å². The van der Waals surface area contributed by atoms with E-state index < -0.39 is 0 Å². The van der Waals surface area contributed by atoms with E-state index in [2.05, 4.69) is 20.8 Å². The van der Waals surface area contributed by atoms with Crippen LogP contribution in [0.3, 0.4) is 0 Å². The zero-order chi connectivity index (χ0) is 7.28. The smallest absolute Gasteiger partial charge is 0.157 e. The lowest BCUT2D eigenvalue weighted by atomic mass is 10.2. The van der Waals surface area contributed by atoms with Crippen LogP contribution in [0.15, 0.2) is 0 Å². The number of hydrogen-bond donors (Lipinski definition) is 0. The van der Waals surface area contributed by atoms with E-state index in [1.165, 1.54) is 0 Å². The Bertz CT molecular complexity index is 61.9. The lowest BCUT2D eigenvalue weighted by molar-refractivity contribution is -0.0999. The molecule has 0 saturated carbocycles. The Balaban J connectivity index is 3.06. The molecule has 0 bridgehead atoms. The molecule has 2 heteroatoms. The summed E-state index contributed by atoms with van der Waals surface area (Å²) in [6.07, 6.45) is -0.313. The van der Waals surface area contributed by atoms with Gasteiger partial charge in [-0.1, -0.05) is 13.8 Å². The first-order valence-electron chi connectivity index (χ1n) is 3.14. The lowest BCUT2D eigenvalue weighted by Crippen LogP contribution is -2.14. The van der Waals surface area contributed by atoms with Crippen LogP contribution in [0, 0.1) is 12.8 Å². The second kappa shape index (κ2) is 4.77. The molecule has 0 amide bonds. The molecule has 0 spiro atoms. The highest BCUT2D eigenvalue weighted by Gasteiger charge is 1.99. The standard InChI is InChI=1S/C7H15O2/c1-6(2)5-9-7(3)8-4/h6-7H,3,5H2,1-2,4H3. The van der Waals surface area contributed by atoms with Crippen LogP contribution in [0.1, 0.15) is 13.8 Å². The highest BCUT2D eigenvalue weighted by molar-refractivity contribution is 4.45. The molecule has 0 N–H and O–H groups in total. The Morgan fingerprint density at radius 2 is 2.00 bits per heavy atom. The maximum absolute atomic E-state index is 5.12. The Labute approximate surface area is 57.2 Å². The van der Waals surface area contributed by atoms with Crippen LogP contribution in [-0.2, 0) is 9.47 Å². The average molecular weight is 131 g/mol. The molecule has 0 aromatic rings. The fourth-order valence-corrected chi connectivity index (χ4v) is 0.368. The van der Waals surface area contributed by atoms with Crippen molar-refractivity contribution in [3.63, 3.8) is 0 Å². The molecule has 0 aliphatic heterocycles. The van der Waals surface area contributed by atoms with Gasteiger partial charge >= 0.3 is 0 Å². The maximum atomic E-state index is 5.12. The van der Waals surface area contributed by atoms with Crippen LogP contribution in [-0.4, -0.2) is 20.0 Å². The largest absolute Gasteiger partial charge is 0.356 e. The van der Waals surface area contributed by atoms with Crippen molar-refractivity contribution in [2.45, 2.75) is 20.1 Å². The number of rotatable bonds is 4. The quantitative estimate of drug-likeness (QED) is 0.538. The van der Waals surface area contributed by atoms with Crippen LogP contribution in [0.25, 0.3) is 0 Å². The van der Waals surface area contributed by atoms with Gasteiger partial charge in [-0.15, -0.1) is 0 Å². The van der Waals surface area contributed by atoms with Gasteiger partial charge in [0.25, 0.3) is 0 Å². The van der Waals surface area contributed by atoms with E-state index >= 15 is 0 Å². The average Bonchev–Trinajstić information content (AvgIpc) is 1.83. The van der Waals surface area contributed by atoms with E-state index in [1.54, 1.807) is 7.11 Å². The maximum Gasteiger partial charge on any atom is 0.157 e. The summed E-state index contributed by atoms with van der Waals surface area (Å²) < 4.78 is 9.89. The van der Waals surface area contributed by atoms with E-state index in [4.69, 9.17) is 9.47 Å². The topological polar surface area (TPSA) is 18.5 Å². The minimum atomic E-state index is -0.313. The van der Waals surface area contributed by atoms with E-state index in [0.29, 0.717) is 12.5 Å². The summed E-state index contributed by atoms with van der Waals surface area (Å²) in [6.45, 7) is 8.47. The molecule has 2 nitrogen and oxygen atoms in total. The Hall–Kier alpha value is -0.0800. The van der Waals surface area contributed by atoms with Crippen molar-refractivity contribution in [1.82, 2.24) is 0 Å². The molecular formula is C7H15O2. The first-order chi connectivity index (χ1) is 4.16. The molecule has 1 atom stereocenters. The summed E-state index contributed by atoms with van der Waals surface area (Å²) in [5.41, 5.74) is 0. The minimum absolute atomic E-state index is 0.313. The number of ether oxygens (including phenoxy) is 2. The molecule has 0 fully saturated rings. The van der Waals surface area contributed by atoms with Crippen molar-refractivity contribution in [3.05, 3.63) is 6.92 Å². The zero-order valence-corrected chi connectivity index (χ0v) is 6.39. The third kappa shape index (κ3) is 5.80. The van der Waals surface area contributed by atoms with Crippen LogP contribution < -0.4 is 0 Å². The summed E-state index contributed by atoms with van der Waals surface area (Å²) in [4.78, 5) is 0. The normalized spacial score (nSPS) is 14.3. The summed E-state index contributed by atoms with van der Waals surface area (Å²) >= 11 is 0. The van der Waals surface area contributed by atoms with Gasteiger partial charge in [-0.2, -0.15) is 0 Å². The first kappa shape index (κ1) is 8.92. The molecule has 0 aromatic carbocycles. The Morgan fingerprint density at radius 3 is 2.33 bits per heavy atom. The zero-order valence-electron chi connectivity index (χ0n) is 6.39. The van der Waals surface area contributed by atoms with Crippen LogP contribution in [0.4, 0.5) is 0 Å². The van der Waals surface area contributed by atoms with Gasteiger partial charge in [-0.25, -0.2) is 0 Å². The SMILES string of the molecule is [CH2]C(OC)OCC(C)C. The molecular weight excluding hydrogens is 116 g/mol. The Morgan fingerprint density at radius 1 is 1.44 bits per heavy atom. The van der Waals surface area contributed by atoms with Crippen molar-refractivity contribution in [2.75, 3.05) is 13.7 Å². The van der Waals surface area contributed by atoms with Crippen molar-refractivity contribution < 1.29 is 9.47 Å². The fraction of sp³-hybridized carbons (Fsp3) is 0.857. The fourth-order valence-electron chi connectivity index (χ4n) is 0.368. The lowest BCUT2D eigenvalue weighted by Gasteiger charge is -2.11.